The van der Waals surface area contributed by atoms with Gasteiger partial charge in [0.2, 0.25) is 0 Å². The molecule has 5 heteroatoms. The Morgan fingerprint density at radius 1 is 1.13 bits per heavy atom. The van der Waals surface area contributed by atoms with Crippen molar-refractivity contribution in [1.82, 2.24) is 0 Å². The molecule has 4 unspecified atom stereocenters. The predicted octanol–water partition coefficient (Wildman–Crippen LogP) is 0.569. The van der Waals surface area contributed by atoms with E-state index in [1.807, 2.05) is 0 Å². The van der Waals surface area contributed by atoms with Crippen molar-refractivity contribution in [2.75, 3.05) is 0 Å². The number of aliphatic hydroxyl groups excluding tert-OH is 1. The molecule has 4 atom stereocenters. The molecule has 5 nitrogen and oxygen atoms in total. The van der Waals surface area contributed by atoms with E-state index < -0.39 is 29.9 Å². The van der Waals surface area contributed by atoms with Gasteiger partial charge in [0.1, 0.15) is 0 Å². The Kier molecular flexibility index (Phi) is 3.68. The van der Waals surface area contributed by atoms with E-state index in [1.54, 1.807) is 6.92 Å². The summed E-state index contributed by atoms with van der Waals surface area (Å²) in [4.78, 5) is 21.7. The molecular formula is C10H16O5. The molecule has 0 spiro atoms. The Morgan fingerprint density at radius 2 is 1.67 bits per heavy atom. The lowest BCUT2D eigenvalue weighted by atomic mass is 9.72. The highest BCUT2D eigenvalue weighted by Gasteiger charge is 2.40. The Bertz CT molecular complexity index is 261. The molecule has 0 heterocycles. The van der Waals surface area contributed by atoms with Crippen LogP contribution in [-0.4, -0.2) is 33.4 Å². The number of carboxylic acid groups (broad SMARTS) is 2. The number of carbonyl (C=O) groups is 2. The minimum absolute atomic E-state index is 0.0956. The van der Waals surface area contributed by atoms with E-state index in [0.717, 1.165) is 0 Å². The van der Waals surface area contributed by atoms with Crippen LogP contribution < -0.4 is 0 Å². The predicted molar refractivity (Wildman–Crippen MR) is 51.3 cm³/mol. The lowest BCUT2D eigenvalue weighted by Gasteiger charge is -2.32. The van der Waals surface area contributed by atoms with Crippen LogP contribution in [0.25, 0.3) is 0 Å². The number of hydrogen-bond acceptors (Lipinski definition) is 3. The summed E-state index contributed by atoms with van der Waals surface area (Å²) in [5.74, 6) is -3.89. The zero-order chi connectivity index (χ0) is 11.6. The summed E-state index contributed by atoms with van der Waals surface area (Å²) in [5.41, 5.74) is 0. The fourth-order valence-electron chi connectivity index (χ4n) is 2.21. The second kappa shape index (κ2) is 4.61. The number of aliphatic carboxylic acids is 2. The van der Waals surface area contributed by atoms with Crippen LogP contribution in [-0.2, 0) is 9.59 Å². The molecule has 1 aliphatic rings. The summed E-state index contributed by atoms with van der Waals surface area (Å²) in [6, 6.07) is 0. The second-order valence-corrected chi connectivity index (χ2v) is 4.20. The molecule has 86 valence electrons. The smallest absolute Gasteiger partial charge is 0.307 e. The van der Waals surface area contributed by atoms with Gasteiger partial charge in [0.25, 0.3) is 0 Å². The zero-order valence-corrected chi connectivity index (χ0v) is 8.59. The molecule has 3 N–H and O–H groups in total. The van der Waals surface area contributed by atoms with Crippen molar-refractivity contribution in [3.05, 3.63) is 0 Å². The average Bonchev–Trinajstić information content (AvgIpc) is 2.16. The van der Waals surface area contributed by atoms with Gasteiger partial charge in [-0.25, -0.2) is 0 Å². The third-order valence-electron chi connectivity index (χ3n) is 3.21. The highest BCUT2D eigenvalue weighted by Crippen LogP contribution is 2.35. The first kappa shape index (κ1) is 12.0. The van der Waals surface area contributed by atoms with E-state index in [1.165, 1.54) is 0 Å². The van der Waals surface area contributed by atoms with Crippen molar-refractivity contribution in [3.8, 4) is 0 Å². The van der Waals surface area contributed by atoms with Gasteiger partial charge in [0.15, 0.2) is 0 Å². The van der Waals surface area contributed by atoms with Crippen LogP contribution in [0, 0.1) is 17.8 Å². The number of hydrogen-bond donors (Lipinski definition) is 3. The van der Waals surface area contributed by atoms with Crippen LogP contribution in [0.5, 0.6) is 0 Å². The third-order valence-corrected chi connectivity index (χ3v) is 3.21. The molecule has 0 bridgehead atoms. The van der Waals surface area contributed by atoms with E-state index in [0.29, 0.717) is 12.8 Å². The Hall–Kier alpha value is -1.10. The first-order chi connectivity index (χ1) is 6.93. The van der Waals surface area contributed by atoms with Gasteiger partial charge in [-0.2, -0.15) is 0 Å². The van der Waals surface area contributed by atoms with Gasteiger partial charge in [0, 0.05) is 0 Å². The van der Waals surface area contributed by atoms with Crippen molar-refractivity contribution in [1.29, 1.82) is 0 Å². The van der Waals surface area contributed by atoms with Gasteiger partial charge in [-0.05, 0) is 32.1 Å². The minimum Gasteiger partial charge on any atom is -0.481 e. The van der Waals surface area contributed by atoms with Crippen molar-refractivity contribution in [3.63, 3.8) is 0 Å². The normalized spacial score (nSPS) is 33.3. The molecule has 1 rings (SSSR count). The number of aliphatic hydroxyl groups is 1. The maximum atomic E-state index is 10.9. The van der Waals surface area contributed by atoms with E-state index in [4.69, 9.17) is 10.2 Å². The number of carboxylic acids is 2. The van der Waals surface area contributed by atoms with Gasteiger partial charge < -0.3 is 15.3 Å². The number of rotatable bonds is 3. The molecule has 1 saturated carbocycles. The fraction of sp³-hybridized carbons (Fsp3) is 0.800. The van der Waals surface area contributed by atoms with E-state index >= 15 is 0 Å². The highest BCUT2D eigenvalue weighted by atomic mass is 16.4. The molecule has 0 aromatic heterocycles. The standard InChI is InChI=1S/C10H16O5/c1-5(11)6-2-3-7(9(12)13)8(4-6)10(14)15/h5-8,11H,2-4H2,1H3,(H,12,13)(H,14,15). The summed E-state index contributed by atoms with van der Waals surface area (Å²) in [6.45, 7) is 1.62. The lowest BCUT2D eigenvalue weighted by molar-refractivity contribution is -0.157. The summed E-state index contributed by atoms with van der Waals surface area (Å²) in [7, 11) is 0. The summed E-state index contributed by atoms with van der Waals surface area (Å²) in [6.07, 6.45) is 0.603. The molecule has 0 saturated heterocycles. The SMILES string of the molecule is CC(O)C1CCC(C(=O)O)C(C(=O)O)C1. The molecule has 1 aliphatic carbocycles. The molecular weight excluding hydrogens is 200 g/mol. The Balaban J connectivity index is 2.74. The highest BCUT2D eigenvalue weighted by molar-refractivity contribution is 5.80. The molecule has 0 aromatic carbocycles. The van der Waals surface area contributed by atoms with Gasteiger partial charge in [-0.3, -0.25) is 9.59 Å². The Morgan fingerprint density at radius 3 is 2.07 bits per heavy atom. The molecule has 1 fully saturated rings. The summed E-state index contributed by atoms with van der Waals surface area (Å²) in [5, 5.41) is 27.1. The maximum Gasteiger partial charge on any atom is 0.307 e. The van der Waals surface area contributed by atoms with Gasteiger partial charge in [0.05, 0.1) is 17.9 Å². The third kappa shape index (κ3) is 2.68. The first-order valence-corrected chi connectivity index (χ1v) is 5.07. The topological polar surface area (TPSA) is 94.8 Å². The van der Waals surface area contributed by atoms with Gasteiger partial charge in [-0.1, -0.05) is 0 Å². The van der Waals surface area contributed by atoms with Crippen LogP contribution in [0.2, 0.25) is 0 Å². The average molecular weight is 216 g/mol. The van der Waals surface area contributed by atoms with Crippen molar-refractivity contribution in [2.24, 2.45) is 17.8 Å². The van der Waals surface area contributed by atoms with Crippen LogP contribution >= 0.6 is 0 Å². The molecule has 0 radical (unpaired) electrons. The second-order valence-electron chi connectivity index (χ2n) is 4.20. The lowest BCUT2D eigenvalue weighted by Crippen LogP contribution is -2.38. The minimum atomic E-state index is -1.08. The van der Waals surface area contributed by atoms with Crippen LogP contribution in [0.3, 0.4) is 0 Å². The molecule has 15 heavy (non-hydrogen) atoms. The molecule has 0 aliphatic heterocycles. The maximum absolute atomic E-state index is 10.9. The first-order valence-electron chi connectivity index (χ1n) is 5.07. The van der Waals surface area contributed by atoms with E-state index in [2.05, 4.69) is 0 Å². The van der Waals surface area contributed by atoms with E-state index in [-0.39, 0.29) is 12.3 Å². The monoisotopic (exact) mass is 216 g/mol. The fourth-order valence-corrected chi connectivity index (χ4v) is 2.21. The van der Waals surface area contributed by atoms with Crippen LogP contribution in [0.4, 0.5) is 0 Å². The largest absolute Gasteiger partial charge is 0.481 e. The van der Waals surface area contributed by atoms with Gasteiger partial charge >= 0.3 is 11.9 Å². The summed E-state index contributed by atoms with van der Waals surface area (Å²) < 4.78 is 0. The quantitative estimate of drug-likeness (QED) is 0.641. The van der Waals surface area contributed by atoms with Crippen LogP contribution in [0.1, 0.15) is 26.2 Å². The van der Waals surface area contributed by atoms with Crippen molar-refractivity contribution >= 4 is 11.9 Å². The van der Waals surface area contributed by atoms with Crippen molar-refractivity contribution in [2.45, 2.75) is 32.3 Å². The molecule has 0 aromatic rings. The molecule has 0 amide bonds. The van der Waals surface area contributed by atoms with Gasteiger partial charge in [-0.15, -0.1) is 0 Å². The van der Waals surface area contributed by atoms with Crippen molar-refractivity contribution < 1.29 is 24.9 Å². The van der Waals surface area contributed by atoms with E-state index in [9.17, 15) is 14.7 Å². The zero-order valence-electron chi connectivity index (χ0n) is 8.59. The Labute approximate surface area is 87.7 Å². The summed E-state index contributed by atoms with van der Waals surface area (Å²) >= 11 is 0. The van der Waals surface area contributed by atoms with Crippen LogP contribution in [0.15, 0.2) is 0 Å².